The number of carbonyl (C=O) groups is 3. The van der Waals surface area contributed by atoms with Crippen LogP contribution in [0.25, 0.3) is 0 Å². The zero-order valence-corrected chi connectivity index (χ0v) is 11.5. The van der Waals surface area contributed by atoms with Gasteiger partial charge in [-0.15, -0.1) is 11.8 Å². The average Bonchev–Trinajstić information content (AvgIpc) is 2.75. The van der Waals surface area contributed by atoms with E-state index in [9.17, 15) is 14.4 Å². The number of amides is 2. The fraction of sp³-hybridized carbons (Fsp3) is 0.727. The fourth-order valence-corrected chi connectivity index (χ4v) is 2.50. The van der Waals surface area contributed by atoms with Gasteiger partial charge in [-0.2, -0.15) is 0 Å². The number of carbonyl (C=O) groups excluding carboxylic acids is 3. The molecule has 6 nitrogen and oxygen atoms in total. The highest BCUT2D eigenvalue weighted by Crippen LogP contribution is 2.14. The van der Waals surface area contributed by atoms with Crippen LogP contribution >= 0.6 is 11.8 Å². The molecule has 0 spiro atoms. The van der Waals surface area contributed by atoms with Gasteiger partial charge in [-0.05, 0) is 6.92 Å². The van der Waals surface area contributed by atoms with Crippen LogP contribution < -0.4 is 0 Å². The molecule has 0 aromatic heterocycles. The maximum atomic E-state index is 11.9. The highest BCUT2D eigenvalue weighted by atomic mass is 32.2. The van der Waals surface area contributed by atoms with Crippen LogP contribution in [0.4, 0.5) is 0 Å². The number of methoxy groups -OCH3 is 1. The Balaban J connectivity index is 2.41. The largest absolute Gasteiger partial charge is 0.469 e. The van der Waals surface area contributed by atoms with Gasteiger partial charge < -0.3 is 14.5 Å². The first-order valence-electron chi connectivity index (χ1n) is 5.78. The first kappa shape index (κ1) is 14.8. The van der Waals surface area contributed by atoms with Crippen molar-refractivity contribution in [2.45, 2.75) is 13.3 Å². The topological polar surface area (TPSA) is 66.9 Å². The van der Waals surface area contributed by atoms with E-state index in [0.29, 0.717) is 24.7 Å². The van der Waals surface area contributed by atoms with E-state index in [-0.39, 0.29) is 30.7 Å². The molecule has 0 bridgehead atoms. The molecule has 2 amide bonds. The van der Waals surface area contributed by atoms with E-state index in [2.05, 4.69) is 4.74 Å². The summed E-state index contributed by atoms with van der Waals surface area (Å²) in [6.45, 7) is 2.79. The molecule has 1 saturated heterocycles. The summed E-state index contributed by atoms with van der Waals surface area (Å²) >= 11 is 1.50. The Bertz CT molecular complexity index is 335. The summed E-state index contributed by atoms with van der Waals surface area (Å²) in [5, 5.41) is 0. The van der Waals surface area contributed by atoms with Gasteiger partial charge in [-0.3, -0.25) is 14.4 Å². The zero-order valence-electron chi connectivity index (χ0n) is 10.7. The van der Waals surface area contributed by atoms with E-state index >= 15 is 0 Å². The maximum absolute atomic E-state index is 11.9. The molecule has 0 aromatic carbocycles. The lowest BCUT2D eigenvalue weighted by atomic mass is 10.3. The van der Waals surface area contributed by atoms with E-state index in [1.54, 1.807) is 4.90 Å². The molecule has 1 aliphatic rings. The molecule has 7 heteroatoms. The summed E-state index contributed by atoms with van der Waals surface area (Å²) in [5.41, 5.74) is 0. The van der Waals surface area contributed by atoms with Crippen molar-refractivity contribution < 1.29 is 19.1 Å². The van der Waals surface area contributed by atoms with Gasteiger partial charge in [0.25, 0.3) is 0 Å². The van der Waals surface area contributed by atoms with Gasteiger partial charge in [-0.25, -0.2) is 0 Å². The molecule has 0 aromatic rings. The summed E-state index contributed by atoms with van der Waals surface area (Å²) in [5.74, 6) is 0.546. The van der Waals surface area contributed by atoms with Gasteiger partial charge in [0.05, 0.1) is 25.2 Å². The number of thioether (sulfide) groups is 1. The van der Waals surface area contributed by atoms with Crippen molar-refractivity contribution in [1.29, 1.82) is 0 Å². The summed E-state index contributed by atoms with van der Waals surface area (Å²) in [4.78, 5) is 37.5. The molecule has 0 unspecified atom stereocenters. The van der Waals surface area contributed by atoms with Crippen molar-refractivity contribution in [3.63, 3.8) is 0 Å². The van der Waals surface area contributed by atoms with Gasteiger partial charge in [-0.1, -0.05) is 0 Å². The molecule has 1 fully saturated rings. The molecule has 1 aliphatic heterocycles. The Morgan fingerprint density at radius 2 is 2.22 bits per heavy atom. The molecular weight excluding hydrogens is 256 g/mol. The van der Waals surface area contributed by atoms with E-state index in [4.69, 9.17) is 0 Å². The number of ether oxygens (including phenoxy) is 1. The van der Waals surface area contributed by atoms with E-state index < -0.39 is 0 Å². The van der Waals surface area contributed by atoms with E-state index in [1.807, 2.05) is 6.92 Å². The Morgan fingerprint density at radius 1 is 1.50 bits per heavy atom. The van der Waals surface area contributed by atoms with Crippen LogP contribution in [-0.2, 0) is 19.1 Å². The van der Waals surface area contributed by atoms with E-state index in [1.165, 1.54) is 23.8 Å². The van der Waals surface area contributed by atoms with E-state index in [0.717, 1.165) is 0 Å². The smallest absolute Gasteiger partial charge is 0.307 e. The van der Waals surface area contributed by atoms with Crippen LogP contribution in [-0.4, -0.2) is 66.0 Å². The molecule has 1 rings (SSSR count). The summed E-state index contributed by atoms with van der Waals surface area (Å²) in [6.07, 6.45) is 0.179. The van der Waals surface area contributed by atoms with Crippen LogP contribution in [0.15, 0.2) is 0 Å². The SMILES string of the molecule is CCN(CCC(=O)OC)C(=O)CN1CSCC1=O. The van der Waals surface area contributed by atoms with Crippen molar-refractivity contribution in [2.75, 3.05) is 38.4 Å². The van der Waals surface area contributed by atoms with Crippen LogP contribution in [0.5, 0.6) is 0 Å². The second kappa shape index (κ2) is 7.25. The lowest BCUT2D eigenvalue weighted by Crippen LogP contribution is -2.41. The number of nitrogens with zero attached hydrogens (tertiary/aromatic N) is 2. The Morgan fingerprint density at radius 3 is 2.72 bits per heavy atom. The first-order chi connectivity index (χ1) is 8.58. The Kier molecular flexibility index (Phi) is 5.97. The maximum Gasteiger partial charge on any atom is 0.307 e. The number of hydrogen-bond donors (Lipinski definition) is 0. The first-order valence-corrected chi connectivity index (χ1v) is 6.94. The third-order valence-electron chi connectivity index (χ3n) is 2.70. The summed E-state index contributed by atoms with van der Waals surface area (Å²) in [6, 6.07) is 0. The van der Waals surface area contributed by atoms with Crippen molar-refractivity contribution in [3.8, 4) is 0 Å². The molecule has 0 atom stereocenters. The monoisotopic (exact) mass is 274 g/mol. The lowest BCUT2D eigenvalue weighted by Gasteiger charge is -2.23. The van der Waals surface area contributed by atoms with Gasteiger partial charge >= 0.3 is 5.97 Å². The number of rotatable bonds is 6. The summed E-state index contributed by atoms with van der Waals surface area (Å²) < 4.78 is 4.53. The lowest BCUT2D eigenvalue weighted by molar-refractivity contribution is -0.142. The predicted molar refractivity (Wildman–Crippen MR) is 67.9 cm³/mol. The van der Waals surface area contributed by atoms with Crippen molar-refractivity contribution in [2.24, 2.45) is 0 Å². The second-order valence-corrected chi connectivity index (χ2v) is 4.82. The third kappa shape index (κ3) is 4.21. The molecule has 0 radical (unpaired) electrons. The van der Waals surface area contributed by atoms with Crippen molar-refractivity contribution in [1.82, 2.24) is 9.80 Å². The molecule has 1 heterocycles. The minimum absolute atomic E-state index is 0.00243. The minimum atomic E-state index is -0.339. The summed E-state index contributed by atoms with van der Waals surface area (Å²) in [7, 11) is 1.32. The highest BCUT2D eigenvalue weighted by Gasteiger charge is 2.25. The molecule has 0 saturated carbocycles. The van der Waals surface area contributed by atoms with Crippen LogP contribution in [0.1, 0.15) is 13.3 Å². The number of likely N-dealkylation sites (N-methyl/N-ethyl adjacent to an activating group) is 1. The van der Waals surface area contributed by atoms with Crippen molar-refractivity contribution in [3.05, 3.63) is 0 Å². The van der Waals surface area contributed by atoms with Crippen LogP contribution in [0, 0.1) is 0 Å². The Labute approximate surface area is 111 Å². The molecule has 0 N–H and O–H groups in total. The minimum Gasteiger partial charge on any atom is -0.469 e. The average molecular weight is 274 g/mol. The number of esters is 1. The number of hydrogen-bond acceptors (Lipinski definition) is 5. The second-order valence-electron chi connectivity index (χ2n) is 3.87. The highest BCUT2D eigenvalue weighted by molar-refractivity contribution is 8.00. The van der Waals surface area contributed by atoms with Gasteiger partial charge in [0.2, 0.25) is 11.8 Å². The van der Waals surface area contributed by atoms with Gasteiger partial charge in [0, 0.05) is 13.1 Å². The Hall–Kier alpha value is -1.24. The van der Waals surface area contributed by atoms with Crippen molar-refractivity contribution >= 4 is 29.5 Å². The fourth-order valence-electron chi connectivity index (χ4n) is 1.59. The molecular formula is C11H18N2O4S. The van der Waals surface area contributed by atoms with Gasteiger partial charge in [0.15, 0.2) is 0 Å². The normalized spacial score (nSPS) is 14.8. The third-order valence-corrected chi connectivity index (χ3v) is 3.64. The zero-order chi connectivity index (χ0) is 13.5. The molecule has 18 heavy (non-hydrogen) atoms. The van der Waals surface area contributed by atoms with Crippen LogP contribution in [0.2, 0.25) is 0 Å². The molecule has 0 aliphatic carbocycles. The quantitative estimate of drug-likeness (QED) is 0.634. The van der Waals surface area contributed by atoms with Gasteiger partial charge in [0.1, 0.15) is 6.54 Å². The molecule has 102 valence electrons. The standard InChI is InChI=1S/C11H18N2O4S/c1-3-12(5-4-11(16)17-2)9(14)6-13-8-18-7-10(13)15/h3-8H2,1-2H3. The van der Waals surface area contributed by atoms with Crippen LogP contribution in [0.3, 0.4) is 0 Å². The predicted octanol–water partition coefficient (Wildman–Crippen LogP) is -0.0691.